The average molecular weight is 446 g/mol. The van der Waals surface area contributed by atoms with Gasteiger partial charge in [0, 0.05) is 23.0 Å². The molecule has 31 heavy (non-hydrogen) atoms. The molecular weight excluding hydrogens is 429 g/mol. The average Bonchev–Trinajstić information content (AvgIpc) is 2.92. The van der Waals surface area contributed by atoms with Crippen molar-refractivity contribution in [1.82, 2.24) is 9.88 Å². The molecule has 3 aromatic rings. The molecule has 0 aliphatic carbocycles. The molecule has 160 valence electrons. The summed E-state index contributed by atoms with van der Waals surface area (Å²) in [6, 6.07) is 11.0. The van der Waals surface area contributed by atoms with Gasteiger partial charge in [0.1, 0.15) is 6.04 Å². The van der Waals surface area contributed by atoms with Crippen molar-refractivity contribution in [2.45, 2.75) is 29.9 Å². The molecular formula is C21H17F3N4O2S. The van der Waals surface area contributed by atoms with E-state index in [1.807, 2.05) is 6.07 Å². The fourth-order valence-corrected chi connectivity index (χ4v) is 4.06. The summed E-state index contributed by atoms with van der Waals surface area (Å²) in [6.45, 7) is 1.78. The number of urea groups is 1. The Morgan fingerprint density at radius 1 is 1.10 bits per heavy atom. The van der Waals surface area contributed by atoms with Crippen LogP contribution in [0.3, 0.4) is 0 Å². The highest BCUT2D eigenvalue weighted by molar-refractivity contribution is 8.00. The van der Waals surface area contributed by atoms with Gasteiger partial charge in [0.2, 0.25) is 0 Å². The quantitative estimate of drug-likeness (QED) is 0.354. The van der Waals surface area contributed by atoms with Gasteiger partial charge in [0.05, 0.1) is 16.9 Å². The van der Waals surface area contributed by atoms with E-state index >= 15 is 0 Å². The van der Waals surface area contributed by atoms with Crippen molar-refractivity contribution in [3.05, 3.63) is 60.3 Å². The van der Waals surface area contributed by atoms with Gasteiger partial charge in [-0.25, -0.2) is 9.69 Å². The lowest BCUT2D eigenvalue weighted by Crippen LogP contribution is -2.33. The van der Waals surface area contributed by atoms with E-state index in [1.165, 1.54) is 29.2 Å². The Morgan fingerprint density at radius 2 is 1.81 bits per heavy atom. The summed E-state index contributed by atoms with van der Waals surface area (Å²) < 4.78 is 37.6. The molecule has 0 radical (unpaired) electrons. The zero-order chi connectivity index (χ0) is 22.3. The number of nitrogen functional groups attached to an aromatic ring is 1. The van der Waals surface area contributed by atoms with Gasteiger partial charge in [-0.1, -0.05) is 12.1 Å². The molecule has 1 aliphatic rings. The third-order valence-corrected chi connectivity index (χ3v) is 5.78. The smallest absolute Gasteiger partial charge is 0.397 e. The van der Waals surface area contributed by atoms with Crippen molar-refractivity contribution < 1.29 is 22.8 Å². The number of nitrogens with two attached hydrogens (primary N) is 1. The highest BCUT2D eigenvalue weighted by Crippen LogP contribution is 2.38. The number of fused-ring (bicyclic) bond motifs is 1. The number of rotatable bonds is 4. The van der Waals surface area contributed by atoms with Gasteiger partial charge in [-0.3, -0.25) is 9.78 Å². The van der Waals surface area contributed by atoms with Crippen LogP contribution in [0.1, 0.15) is 12.5 Å². The second-order valence-corrected chi connectivity index (χ2v) is 8.15. The first kappa shape index (κ1) is 21.0. The van der Waals surface area contributed by atoms with Crippen molar-refractivity contribution >= 4 is 46.0 Å². The number of nitrogens with zero attached hydrogens (tertiary/aromatic N) is 3. The third-order valence-electron chi connectivity index (χ3n) is 5.04. The molecule has 0 saturated carbocycles. The zero-order valence-corrected chi connectivity index (χ0v) is 17.1. The molecule has 6 nitrogen and oxygen atoms in total. The largest absolute Gasteiger partial charge is 0.446 e. The SMILES string of the molecule is CC1C(=O)N(c2ccc(SC(F)(F)F)cc2)C(=O)N1Cc1ccnc2c(N)cccc12. The van der Waals surface area contributed by atoms with Gasteiger partial charge < -0.3 is 10.6 Å². The van der Waals surface area contributed by atoms with Crippen LogP contribution in [-0.4, -0.2) is 33.4 Å². The molecule has 1 aliphatic heterocycles. The van der Waals surface area contributed by atoms with Gasteiger partial charge in [-0.2, -0.15) is 13.2 Å². The maximum absolute atomic E-state index is 13.1. The summed E-state index contributed by atoms with van der Waals surface area (Å²) in [7, 11) is 0. The van der Waals surface area contributed by atoms with Gasteiger partial charge >= 0.3 is 11.5 Å². The van der Waals surface area contributed by atoms with Crippen LogP contribution in [0.25, 0.3) is 10.9 Å². The van der Waals surface area contributed by atoms with Crippen molar-refractivity contribution in [3.8, 4) is 0 Å². The molecule has 2 aromatic carbocycles. The number of para-hydroxylation sites is 1. The lowest BCUT2D eigenvalue weighted by Gasteiger charge is -2.20. The van der Waals surface area contributed by atoms with Crippen LogP contribution in [0, 0.1) is 0 Å². The number of halogens is 3. The van der Waals surface area contributed by atoms with Crippen LogP contribution in [0.2, 0.25) is 0 Å². The fraction of sp³-hybridized carbons (Fsp3) is 0.190. The maximum Gasteiger partial charge on any atom is 0.446 e. The highest BCUT2D eigenvalue weighted by Gasteiger charge is 2.43. The highest BCUT2D eigenvalue weighted by atomic mass is 32.2. The van der Waals surface area contributed by atoms with Crippen LogP contribution >= 0.6 is 11.8 Å². The number of carbonyl (C=O) groups excluding carboxylic acids is 2. The fourth-order valence-electron chi connectivity index (χ4n) is 3.53. The number of anilines is 2. The topological polar surface area (TPSA) is 79.5 Å². The number of thioether (sulfide) groups is 1. The normalized spacial score (nSPS) is 17.1. The Morgan fingerprint density at radius 3 is 2.48 bits per heavy atom. The second-order valence-electron chi connectivity index (χ2n) is 7.02. The van der Waals surface area contributed by atoms with E-state index < -0.39 is 23.5 Å². The van der Waals surface area contributed by atoms with Crippen LogP contribution in [0.15, 0.2) is 59.6 Å². The molecule has 2 heterocycles. The molecule has 1 unspecified atom stereocenters. The Bertz CT molecular complexity index is 1170. The summed E-state index contributed by atoms with van der Waals surface area (Å²) >= 11 is -0.256. The van der Waals surface area contributed by atoms with E-state index in [0.29, 0.717) is 11.2 Å². The van der Waals surface area contributed by atoms with Gasteiger partial charge in [0.15, 0.2) is 0 Å². The lowest BCUT2D eigenvalue weighted by molar-refractivity contribution is -0.119. The molecule has 0 bridgehead atoms. The van der Waals surface area contributed by atoms with E-state index in [0.717, 1.165) is 15.8 Å². The van der Waals surface area contributed by atoms with Crippen LogP contribution in [0.5, 0.6) is 0 Å². The van der Waals surface area contributed by atoms with Gasteiger partial charge in [-0.05, 0) is 60.6 Å². The summed E-state index contributed by atoms with van der Waals surface area (Å²) in [5, 5.41) is 0.780. The minimum Gasteiger partial charge on any atom is -0.397 e. The zero-order valence-electron chi connectivity index (χ0n) is 16.3. The molecule has 1 fully saturated rings. The van der Waals surface area contributed by atoms with Crippen molar-refractivity contribution in [3.63, 3.8) is 0 Å². The summed E-state index contributed by atoms with van der Waals surface area (Å²) in [5.74, 6) is -0.445. The molecule has 1 saturated heterocycles. The number of hydrogen-bond acceptors (Lipinski definition) is 5. The summed E-state index contributed by atoms with van der Waals surface area (Å²) in [6.07, 6.45) is 1.59. The molecule has 0 spiro atoms. The first-order valence-electron chi connectivity index (χ1n) is 9.28. The number of pyridine rings is 1. The summed E-state index contributed by atoms with van der Waals surface area (Å²) in [5.41, 5.74) is 3.69. The minimum absolute atomic E-state index is 0.0268. The number of alkyl halides is 3. The van der Waals surface area contributed by atoms with E-state index in [4.69, 9.17) is 5.73 Å². The van der Waals surface area contributed by atoms with Crippen LogP contribution in [0.4, 0.5) is 29.3 Å². The van der Waals surface area contributed by atoms with Crippen molar-refractivity contribution in [2.75, 3.05) is 10.6 Å². The molecule has 1 aromatic heterocycles. The minimum atomic E-state index is -4.41. The Balaban J connectivity index is 1.61. The molecule has 1 atom stereocenters. The maximum atomic E-state index is 13.1. The van der Waals surface area contributed by atoms with Gasteiger partial charge in [0.25, 0.3) is 5.91 Å². The van der Waals surface area contributed by atoms with E-state index in [2.05, 4.69) is 4.98 Å². The summed E-state index contributed by atoms with van der Waals surface area (Å²) in [4.78, 5) is 32.5. The van der Waals surface area contributed by atoms with E-state index in [9.17, 15) is 22.8 Å². The number of aromatic nitrogens is 1. The number of carbonyl (C=O) groups is 2. The van der Waals surface area contributed by atoms with Crippen LogP contribution in [-0.2, 0) is 11.3 Å². The standard InChI is InChI=1S/C21H17F3N4O2S/c1-12-19(29)28(14-5-7-15(8-6-14)31-21(22,23)24)20(30)27(12)11-13-9-10-26-18-16(13)3-2-4-17(18)25/h2-10,12H,11,25H2,1H3. The number of amides is 3. The Kier molecular flexibility index (Phi) is 5.26. The molecule has 4 rings (SSSR count). The molecule has 2 N–H and O–H groups in total. The van der Waals surface area contributed by atoms with Gasteiger partial charge in [-0.15, -0.1) is 0 Å². The predicted octanol–water partition coefficient (Wildman–Crippen LogP) is 4.79. The second kappa shape index (κ2) is 7.77. The number of benzene rings is 2. The van der Waals surface area contributed by atoms with Crippen molar-refractivity contribution in [2.24, 2.45) is 0 Å². The predicted molar refractivity (Wildman–Crippen MR) is 112 cm³/mol. The molecule has 10 heteroatoms. The van der Waals surface area contributed by atoms with E-state index in [-0.39, 0.29) is 28.9 Å². The lowest BCUT2D eigenvalue weighted by atomic mass is 10.1. The Labute approximate surface area is 179 Å². The monoisotopic (exact) mass is 446 g/mol. The van der Waals surface area contributed by atoms with Crippen LogP contribution < -0.4 is 10.6 Å². The van der Waals surface area contributed by atoms with E-state index in [1.54, 1.807) is 31.3 Å². The Hall–Kier alpha value is -3.27. The van der Waals surface area contributed by atoms with Crippen molar-refractivity contribution in [1.29, 1.82) is 0 Å². The number of hydrogen-bond donors (Lipinski definition) is 1. The molecule has 3 amide bonds. The number of imide groups is 1. The first-order chi connectivity index (χ1) is 14.7. The first-order valence-corrected chi connectivity index (χ1v) is 10.1. The third kappa shape index (κ3) is 4.02.